The molecule has 3 heteroatoms. The number of hydrogen-bond acceptors (Lipinski definition) is 3. The van der Waals surface area contributed by atoms with Crippen LogP contribution in [0.15, 0.2) is 0 Å². The van der Waals surface area contributed by atoms with Crippen LogP contribution in [0.4, 0.5) is 0 Å². The summed E-state index contributed by atoms with van der Waals surface area (Å²) in [4.78, 5) is 23.4. The molecule has 4 fully saturated rings. The van der Waals surface area contributed by atoms with Gasteiger partial charge in [-0.05, 0) is 117 Å². The maximum atomic E-state index is 12.1. The highest BCUT2D eigenvalue weighted by molar-refractivity contribution is 5.94. The van der Waals surface area contributed by atoms with E-state index in [0.717, 1.165) is 48.3 Å². The third-order valence-electron chi connectivity index (χ3n) is 11.5. The number of hydrogen-bond donors (Lipinski definition) is 0. The van der Waals surface area contributed by atoms with E-state index in [-0.39, 0.29) is 24.3 Å². The molecule has 0 radical (unpaired) electrons. The van der Waals surface area contributed by atoms with E-state index in [0.29, 0.717) is 16.7 Å². The van der Waals surface area contributed by atoms with Gasteiger partial charge in [-0.2, -0.15) is 0 Å². The summed E-state index contributed by atoms with van der Waals surface area (Å²) < 4.78 is 5.75. The number of ketones is 1. The highest BCUT2D eigenvalue weighted by Gasteiger charge is 2.60. The smallest absolute Gasteiger partial charge is 0.313 e. The van der Waals surface area contributed by atoms with Gasteiger partial charge in [-0.3, -0.25) is 9.59 Å². The van der Waals surface area contributed by atoms with E-state index in [2.05, 4.69) is 34.6 Å². The molecule has 34 heavy (non-hydrogen) atoms. The van der Waals surface area contributed by atoms with Gasteiger partial charge in [-0.1, -0.05) is 53.9 Å². The molecule has 0 heterocycles. The van der Waals surface area contributed by atoms with E-state index >= 15 is 0 Å². The minimum Gasteiger partial charge on any atom is -0.462 e. The second kappa shape index (κ2) is 10.3. The van der Waals surface area contributed by atoms with E-state index in [1.807, 2.05) is 0 Å². The number of fused-ring (bicyclic) bond motifs is 5. The van der Waals surface area contributed by atoms with Crippen LogP contribution in [0.1, 0.15) is 125 Å². The summed E-state index contributed by atoms with van der Waals surface area (Å²) in [6, 6.07) is 0. The number of carbonyl (C=O) groups is 2. The third kappa shape index (κ3) is 5.01. The molecule has 4 saturated carbocycles. The first-order valence-corrected chi connectivity index (χ1v) is 14.7. The van der Waals surface area contributed by atoms with E-state index in [9.17, 15) is 9.59 Å². The number of ether oxygens (including phenoxy) is 1. The summed E-state index contributed by atoms with van der Waals surface area (Å²) in [6.07, 6.45) is 15.8. The lowest BCUT2D eigenvalue weighted by Crippen LogP contribution is -2.54. The molecule has 0 aromatic rings. The zero-order chi connectivity index (χ0) is 24.7. The van der Waals surface area contributed by atoms with Crippen molar-refractivity contribution >= 4 is 11.8 Å². The molecule has 194 valence electrons. The van der Waals surface area contributed by atoms with Gasteiger partial charge in [0.05, 0.1) is 0 Å². The summed E-state index contributed by atoms with van der Waals surface area (Å²) in [5.41, 5.74) is 0.968. The second-order valence-electron chi connectivity index (χ2n) is 14.0. The van der Waals surface area contributed by atoms with Gasteiger partial charge in [0, 0.05) is 0 Å². The normalized spacial score (nSPS) is 42.4. The lowest BCUT2D eigenvalue weighted by molar-refractivity contribution is -0.163. The topological polar surface area (TPSA) is 43.4 Å². The van der Waals surface area contributed by atoms with E-state index < -0.39 is 0 Å². The van der Waals surface area contributed by atoms with Gasteiger partial charge in [0.25, 0.3) is 0 Å². The molecule has 0 N–H and O–H groups in total. The third-order valence-corrected chi connectivity index (χ3v) is 11.5. The summed E-state index contributed by atoms with van der Waals surface area (Å²) in [7, 11) is 0. The first kappa shape index (κ1) is 26.2. The maximum absolute atomic E-state index is 12.1. The van der Waals surface area contributed by atoms with Gasteiger partial charge >= 0.3 is 5.97 Å². The molecule has 4 aliphatic carbocycles. The monoisotopic (exact) mass is 472 g/mol. The molecule has 3 nitrogen and oxygen atoms in total. The first-order valence-electron chi connectivity index (χ1n) is 14.7. The van der Waals surface area contributed by atoms with Crippen LogP contribution in [0.3, 0.4) is 0 Å². The van der Waals surface area contributed by atoms with E-state index in [1.54, 1.807) is 0 Å². The van der Waals surface area contributed by atoms with Crippen molar-refractivity contribution in [3.05, 3.63) is 0 Å². The van der Waals surface area contributed by atoms with Crippen molar-refractivity contribution in [2.45, 2.75) is 131 Å². The van der Waals surface area contributed by atoms with Crippen molar-refractivity contribution < 1.29 is 14.3 Å². The summed E-state index contributed by atoms with van der Waals surface area (Å²) in [5.74, 6) is 5.58. The van der Waals surface area contributed by atoms with Crippen LogP contribution < -0.4 is 0 Å². The number of carbonyl (C=O) groups excluding carboxylic acids is 2. The fraction of sp³-hybridized carbons (Fsp3) is 0.935. The van der Waals surface area contributed by atoms with Crippen molar-refractivity contribution in [1.29, 1.82) is 0 Å². The molecule has 0 amide bonds. The Labute approximate surface area is 209 Å². The number of rotatable bonds is 8. The summed E-state index contributed by atoms with van der Waals surface area (Å²) in [5, 5.41) is 0. The van der Waals surface area contributed by atoms with Gasteiger partial charge in [-0.25, -0.2) is 0 Å². The van der Waals surface area contributed by atoms with Crippen molar-refractivity contribution in [1.82, 2.24) is 0 Å². The zero-order valence-electron chi connectivity index (χ0n) is 23.0. The molecule has 0 spiro atoms. The maximum Gasteiger partial charge on any atom is 0.313 e. The van der Waals surface area contributed by atoms with Crippen LogP contribution >= 0.6 is 0 Å². The van der Waals surface area contributed by atoms with E-state index in [4.69, 9.17) is 4.74 Å². The standard InChI is InChI=1S/C31H52O3/c1-20(2)8-7-9-21(3)26-12-13-27-25-11-10-23-19-24(34-29(33)18-22(4)32)14-16-30(23,5)28(25)15-17-31(26,27)6/h20-21,23-28H,7-19H2,1-6H3/t21-,23-,24-,25+,26-,27+,28+,30-,31-/m0/s1. The van der Waals surface area contributed by atoms with Crippen LogP contribution in [-0.2, 0) is 14.3 Å². The molecule has 0 aliphatic heterocycles. The molecular weight excluding hydrogens is 420 g/mol. The average Bonchev–Trinajstić information content (AvgIpc) is 3.10. The molecule has 0 saturated heterocycles. The Kier molecular flexibility index (Phi) is 7.90. The average molecular weight is 473 g/mol. The quantitative estimate of drug-likeness (QED) is 0.265. The zero-order valence-corrected chi connectivity index (χ0v) is 23.0. The highest BCUT2D eigenvalue weighted by Crippen LogP contribution is 2.68. The Morgan fingerprint density at radius 2 is 1.59 bits per heavy atom. The van der Waals surface area contributed by atoms with Gasteiger partial charge in [-0.15, -0.1) is 0 Å². The van der Waals surface area contributed by atoms with Crippen LogP contribution in [0.5, 0.6) is 0 Å². The Hall–Kier alpha value is -0.860. The second-order valence-corrected chi connectivity index (χ2v) is 14.0. The fourth-order valence-corrected chi connectivity index (χ4v) is 9.78. The molecule has 0 aromatic carbocycles. The predicted octanol–water partition coefficient (Wildman–Crippen LogP) is 8.00. The Morgan fingerprint density at radius 1 is 0.882 bits per heavy atom. The van der Waals surface area contributed by atoms with Crippen LogP contribution in [0.2, 0.25) is 0 Å². The summed E-state index contributed by atoms with van der Waals surface area (Å²) >= 11 is 0. The molecule has 0 aromatic heterocycles. The van der Waals surface area contributed by atoms with Crippen molar-refractivity contribution in [2.24, 2.45) is 52.3 Å². The minimum atomic E-state index is -0.317. The summed E-state index contributed by atoms with van der Waals surface area (Å²) in [6.45, 7) is 14.0. The minimum absolute atomic E-state index is 0.0258. The lowest BCUT2D eigenvalue weighted by atomic mass is 9.44. The molecule has 4 aliphatic rings. The Balaban J connectivity index is 1.39. The fourth-order valence-electron chi connectivity index (χ4n) is 9.78. The van der Waals surface area contributed by atoms with Crippen LogP contribution in [0.25, 0.3) is 0 Å². The highest BCUT2D eigenvalue weighted by atomic mass is 16.5. The number of Topliss-reactive ketones (excluding diaryl/α,β-unsaturated/α-hetero) is 1. The van der Waals surface area contributed by atoms with Crippen LogP contribution in [0, 0.1) is 52.3 Å². The van der Waals surface area contributed by atoms with Gasteiger partial charge in [0.2, 0.25) is 0 Å². The predicted molar refractivity (Wildman–Crippen MR) is 138 cm³/mol. The van der Waals surface area contributed by atoms with Crippen molar-refractivity contribution in [2.75, 3.05) is 0 Å². The Morgan fingerprint density at radius 3 is 2.29 bits per heavy atom. The molecule has 0 unspecified atom stereocenters. The Bertz CT molecular complexity index is 743. The lowest BCUT2D eigenvalue weighted by Gasteiger charge is -2.61. The van der Waals surface area contributed by atoms with Crippen molar-refractivity contribution in [3.63, 3.8) is 0 Å². The molecule has 9 atom stereocenters. The largest absolute Gasteiger partial charge is 0.462 e. The van der Waals surface area contributed by atoms with Crippen molar-refractivity contribution in [3.8, 4) is 0 Å². The van der Waals surface area contributed by atoms with Gasteiger partial charge in [0.1, 0.15) is 18.3 Å². The SMILES string of the molecule is CC(=O)CC(=O)O[C@H]1CC[C@@]2(C)[C@@H](CC[C@H]3[C@H]2CC[C@]2(C)[C@@H]3CC[C@H]2[C@@H](C)CCCC(C)C)C1. The molecule has 0 bridgehead atoms. The molecule has 4 rings (SSSR count). The van der Waals surface area contributed by atoms with Gasteiger partial charge < -0.3 is 4.74 Å². The van der Waals surface area contributed by atoms with Crippen LogP contribution in [-0.4, -0.2) is 17.9 Å². The van der Waals surface area contributed by atoms with E-state index in [1.165, 1.54) is 71.1 Å². The number of esters is 1. The first-order chi connectivity index (χ1) is 16.0. The van der Waals surface area contributed by atoms with Gasteiger partial charge in [0.15, 0.2) is 0 Å². The molecular formula is C31H52O3.